The van der Waals surface area contributed by atoms with Gasteiger partial charge in [-0.2, -0.15) is 0 Å². The van der Waals surface area contributed by atoms with Crippen LogP contribution in [0.15, 0.2) is 24.3 Å². The number of rotatable bonds is 3. The lowest BCUT2D eigenvalue weighted by Crippen LogP contribution is -2.51. The van der Waals surface area contributed by atoms with E-state index in [1.807, 2.05) is 6.92 Å². The van der Waals surface area contributed by atoms with Gasteiger partial charge in [-0.25, -0.2) is 0 Å². The molecule has 0 atom stereocenters. The van der Waals surface area contributed by atoms with Gasteiger partial charge in [0.25, 0.3) is 0 Å². The molecule has 1 aliphatic rings. The second-order valence-electron chi connectivity index (χ2n) is 5.87. The van der Waals surface area contributed by atoms with Crippen LogP contribution in [-0.4, -0.2) is 31.8 Å². The predicted octanol–water partition coefficient (Wildman–Crippen LogP) is 3.05. The third-order valence-corrected chi connectivity index (χ3v) is 3.56. The summed E-state index contributed by atoms with van der Waals surface area (Å²) in [5, 5.41) is 3.63. The molecule has 0 aromatic heterocycles. The maximum Gasteiger partial charge on any atom is 0.119 e. The average molecular weight is 262 g/mol. The fraction of sp³-hybridized carbons (Fsp3) is 0.625. The Labute approximate surface area is 116 Å². The topological polar surface area (TPSA) is 24.5 Å². The number of hydrogen-bond acceptors (Lipinski definition) is 3. The van der Waals surface area contributed by atoms with E-state index in [1.54, 1.807) is 0 Å². The molecule has 1 aliphatic heterocycles. The van der Waals surface area contributed by atoms with E-state index < -0.39 is 0 Å². The molecule has 0 spiro atoms. The van der Waals surface area contributed by atoms with Gasteiger partial charge in [0, 0.05) is 24.3 Å². The third kappa shape index (κ3) is 4.13. The summed E-state index contributed by atoms with van der Waals surface area (Å²) in [7, 11) is 0. The van der Waals surface area contributed by atoms with Crippen molar-refractivity contribution in [1.82, 2.24) is 5.32 Å². The van der Waals surface area contributed by atoms with Crippen molar-refractivity contribution in [3.8, 4) is 5.75 Å². The van der Waals surface area contributed by atoms with Crippen molar-refractivity contribution in [2.75, 3.05) is 31.1 Å². The Morgan fingerprint density at radius 2 is 1.95 bits per heavy atom. The number of hydrogen-bond donors (Lipinski definition) is 1. The highest BCUT2D eigenvalue weighted by molar-refractivity contribution is 5.49. The summed E-state index contributed by atoms with van der Waals surface area (Å²) in [5.41, 5.74) is 1.46. The highest BCUT2D eigenvalue weighted by atomic mass is 16.5. The largest absolute Gasteiger partial charge is 0.494 e. The Morgan fingerprint density at radius 1 is 1.21 bits per heavy atom. The molecule has 0 saturated carbocycles. The van der Waals surface area contributed by atoms with Crippen molar-refractivity contribution in [3.63, 3.8) is 0 Å². The van der Waals surface area contributed by atoms with Gasteiger partial charge in [0.15, 0.2) is 0 Å². The van der Waals surface area contributed by atoms with Crippen LogP contribution in [-0.2, 0) is 0 Å². The van der Waals surface area contributed by atoms with Gasteiger partial charge < -0.3 is 15.0 Å². The maximum atomic E-state index is 5.50. The quantitative estimate of drug-likeness (QED) is 0.906. The fourth-order valence-corrected chi connectivity index (χ4v) is 2.61. The predicted molar refractivity (Wildman–Crippen MR) is 81.1 cm³/mol. The van der Waals surface area contributed by atoms with E-state index in [9.17, 15) is 0 Å². The van der Waals surface area contributed by atoms with Crippen molar-refractivity contribution >= 4 is 5.69 Å². The van der Waals surface area contributed by atoms with Crippen molar-refractivity contribution < 1.29 is 4.74 Å². The minimum atomic E-state index is 0.166. The highest BCUT2D eigenvalue weighted by Gasteiger charge is 2.23. The van der Waals surface area contributed by atoms with Gasteiger partial charge in [0.2, 0.25) is 0 Å². The molecule has 106 valence electrons. The molecule has 1 aromatic rings. The Morgan fingerprint density at radius 3 is 2.63 bits per heavy atom. The Balaban J connectivity index is 2.09. The molecule has 3 nitrogen and oxygen atoms in total. The molecule has 2 rings (SSSR count). The van der Waals surface area contributed by atoms with Crippen LogP contribution in [0.2, 0.25) is 0 Å². The Kier molecular flexibility index (Phi) is 4.70. The standard InChI is InChI=1S/C16H26N2O/c1-4-19-15-9-7-14(8-10-15)18-12-6-5-11-17-16(2,3)13-18/h7-10,17H,4-6,11-13H2,1-3H3. The van der Waals surface area contributed by atoms with Gasteiger partial charge in [0.1, 0.15) is 5.75 Å². The van der Waals surface area contributed by atoms with Gasteiger partial charge in [-0.15, -0.1) is 0 Å². The van der Waals surface area contributed by atoms with Gasteiger partial charge in [0.05, 0.1) is 6.61 Å². The summed E-state index contributed by atoms with van der Waals surface area (Å²) in [6, 6.07) is 8.47. The van der Waals surface area contributed by atoms with Gasteiger partial charge in [-0.3, -0.25) is 0 Å². The molecule has 3 heteroatoms. The normalized spacial score (nSPS) is 19.6. The molecule has 1 aromatic carbocycles. The summed E-state index contributed by atoms with van der Waals surface area (Å²) in [5.74, 6) is 0.954. The van der Waals surface area contributed by atoms with Crippen LogP contribution < -0.4 is 15.0 Å². The fourth-order valence-electron chi connectivity index (χ4n) is 2.61. The monoisotopic (exact) mass is 262 g/mol. The minimum Gasteiger partial charge on any atom is -0.494 e. The lowest BCUT2D eigenvalue weighted by molar-refractivity contribution is 0.340. The van der Waals surface area contributed by atoms with Crippen molar-refractivity contribution in [1.29, 1.82) is 0 Å². The Bertz CT molecular complexity index is 386. The molecule has 0 bridgehead atoms. The zero-order valence-corrected chi connectivity index (χ0v) is 12.4. The van der Waals surface area contributed by atoms with Crippen LogP contribution in [0.25, 0.3) is 0 Å². The van der Waals surface area contributed by atoms with Gasteiger partial charge in [-0.05, 0) is 64.4 Å². The SMILES string of the molecule is CCOc1ccc(N2CCCCNC(C)(C)C2)cc1. The van der Waals surface area contributed by atoms with E-state index in [1.165, 1.54) is 18.5 Å². The van der Waals surface area contributed by atoms with E-state index in [2.05, 4.69) is 48.3 Å². The molecule has 0 unspecified atom stereocenters. The van der Waals surface area contributed by atoms with Crippen LogP contribution in [0.5, 0.6) is 5.75 Å². The van der Waals surface area contributed by atoms with E-state index in [-0.39, 0.29) is 5.54 Å². The first-order valence-electron chi connectivity index (χ1n) is 7.33. The molecule has 0 radical (unpaired) electrons. The van der Waals surface area contributed by atoms with Gasteiger partial charge in [-0.1, -0.05) is 0 Å². The first-order valence-corrected chi connectivity index (χ1v) is 7.33. The number of nitrogens with zero attached hydrogens (tertiary/aromatic N) is 1. The van der Waals surface area contributed by atoms with Crippen molar-refractivity contribution in [2.45, 2.75) is 39.2 Å². The van der Waals surface area contributed by atoms with Crippen LogP contribution in [0.3, 0.4) is 0 Å². The second-order valence-corrected chi connectivity index (χ2v) is 5.87. The smallest absolute Gasteiger partial charge is 0.119 e. The van der Waals surface area contributed by atoms with E-state index in [0.717, 1.165) is 32.0 Å². The van der Waals surface area contributed by atoms with Crippen LogP contribution in [0.4, 0.5) is 5.69 Å². The molecule has 1 N–H and O–H groups in total. The number of benzene rings is 1. The lowest BCUT2D eigenvalue weighted by Gasteiger charge is -2.37. The lowest BCUT2D eigenvalue weighted by atomic mass is 10.0. The summed E-state index contributed by atoms with van der Waals surface area (Å²) < 4.78 is 5.50. The molecule has 1 fully saturated rings. The van der Waals surface area contributed by atoms with E-state index in [4.69, 9.17) is 4.74 Å². The van der Waals surface area contributed by atoms with Crippen LogP contribution >= 0.6 is 0 Å². The molecular formula is C16H26N2O. The molecule has 1 saturated heterocycles. The molecule has 1 heterocycles. The average Bonchev–Trinajstić information content (AvgIpc) is 2.36. The number of nitrogens with one attached hydrogen (secondary N) is 1. The summed E-state index contributed by atoms with van der Waals surface area (Å²) in [6.07, 6.45) is 2.49. The molecule has 0 amide bonds. The van der Waals surface area contributed by atoms with Crippen LogP contribution in [0.1, 0.15) is 33.6 Å². The first-order chi connectivity index (χ1) is 9.11. The van der Waals surface area contributed by atoms with Gasteiger partial charge >= 0.3 is 0 Å². The Hall–Kier alpha value is -1.22. The summed E-state index contributed by atoms with van der Waals surface area (Å²) in [4.78, 5) is 2.47. The zero-order valence-electron chi connectivity index (χ0n) is 12.4. The van der Waals surface area contributed by atoms with Crippen LogP contribution in [0, 0.1) is 0 Å². The second kappa shape index (κ2) is 6.29. The minimum absolute atomic E-state index is 0.166. The van der Waals surface area contributed by atoms with E-state index >= 15 is 0 Å². The zero-order chi connectivity index (χ0) is 13.7. The summed E-state index contributed by atoms with van der Waals surface area (Å²) in [6.45, 7) is 10.6. The molecular weight excluding hydrogens is 236 g/mol. The van der Waals surface area contributed by atoms with Crippen molar-refractivity contribution in [2.24, 2.45) is 0 Å². The van der Waals surface area contributed by atoms with Crippen molar-refractivity contribution in [3.05, 3.63) is 24.3 Å². The number of ether oxygens (including phenoxy) is 1. The molecule has 0 aliphatic carbocycles. The molecule has 19 heavy (non-hydrogen) atoms. The van der Waals surface area contributed by atoms with E-state index in [0.29, 0.717) is 0 Å². The third-order valence-electron chi connectivity index (χ3n) is 3.56. The maximum absolute atomic E-state index is 5.50. The number of anilines is 1. The first kappa shape index (κ1) is 14.2. The summed E-state index contributed by atoms with van der Waals surface area (Å²) >= 11 is 0. The highest BCUT2D eigenvalue weighted by Crippen LogP contribution is 2.22.